The van der Waals surface area contributed by atoms with Crippen molar-refractivity contribution in [1.82, 2.24) is 5.32 Å². The van der Waals surface area contributed by atoms with E-state index in [1.165, 1.54) is 0 Å². The molecule has 88 valence electrons. The lowest BCUT2D eigenvalue weighted by molar-refractivity contribution is -0.124. The second-order valence-electron chi connectivity index (χ2n) is 3.98. The zero-order valence-corrected chi connectivity index (χ0v) is 9.90. The van der Waals surface area contributed by atoms with Crippen molar-refractivity contribution in [3.05, 3.63) is 35.9 Å². The predicted octanol–water partition coefficient (Wildman–Crippen LogP) is 1.98. The summed E-state index contributed by atoms with van der Waals surface area (Å²) in [5.74, 6) is 0.109. The Morgan fingerprint density at radius 2 is 2.00 bits per heavy atom. The quantitative estimate of drug-likeness (QED) is 0.746. The smallest absolute Gasteiger partial charge is 0.222 e. The van der Waals surface area contributed by atoms with Gasteiger partial charge in [0.15, 0.2) is 0 Å². The molecule has 0 unspecified atom stereocenters. The second kappa shape index (κ2) is 7.01. The molecule has 0 aliphatic carbocycles. The van der Waals surface area contributed by atoms with Crippen LogP contribution in [-0.2, 0) is 16.1 Å². The Kier molecular flexibility index (Phi) is 5.57. The van der Waals surface area contributed by atoms with Crippen LogP contribution in [0.3, 0.4) is 0 Å². The summed E-state index contributed by atoms with van der Waals surface area (Å²) >= 11 is 0. The first-order valence-corrected chi connectivity index (χ1v) is 5.59. The highest BCUT2D eigenvalue weighted by Crippen LogP contribution is 1.99. The number of nitrogens with one attached hydrogen (secondary N) is 1. The molecule has 3 nitrogen and oxygen atoms in total. The molecule has 1 amide bonds. The van der Waals surface area contributed by atoms with Crippen molar-refractivity contribution in [2.45, 2.75) is 20.5 Å². The molecule has 1 N–H and O–H groups in total. The standard InChI is InChI=1S/C13H19NO2/c1-11(2)13(15)14-8-9-16-10-12-6-4-3-5-7-12/h3-7,11H,8-10H2,1-2H3,(H,14,15). The van der Waals surface area contributed by atoms with E-state index in [1.54, 1.807) is 0 Å². The topological polar surface area (TPSA) is 38.3 Å². The van der Waals surface area contributed by atoms with Crippen molar-refractivity contribution in [3.8, 4) is 0 Å². The minimum absolute atomic E-state index is 0.0362. The average molecular weight is 221 g/mol. The lowest BCUT2D eigenvalue weighted by Gasteiger charge is -2.08. The number of hydrogen-bond donors (Lipinski definition) is 1. The van der Waals surface area contributed by atoms with E-state index in [4.69, 9.17) is 4.74 Å². The van der Waals surface area contributed by atoms with Gasteiger partial charge in [-0.3, -0.25) is 4.79 Å². The SMILES string of the molecule is CC(C)C(=O)NCCOCc1ccccc1. The summed E-state index contributed by atoms with van der Waals surface area (Å²) in [6, 6.07) is 9.99. The molecule has 1 aromatic rings. The summed E-state index contributed by atoms with van der Waals surface area (Å²) < 4.78 is 5.44. The van der Waals surface area contributed by atoms with Gasteiger partial charge in [0.1, 0.15) is 0 Å². The van der Waals surface area contributed by atoms with E-state index in [2.05, 4.69) is 5.32 Å². The third-order valence-electron chi connectivity index (χ3n) is 2.18. The van der Waals surface area contributed by atoms with Gasteiger partial charge in [-0.15, -0.1) is 0 Å². The Morgan fingerprint density at radius 3 is 2.62 bits per heavy atom. The lowest BCUT2D eigenvalue weighted by atomic mass is 10.2. The minimum Gasteiger partial charge on any atom is -0.375 e. The van der Waals surface area contributed by atoms with E-state index in [1.807, 2.05) is 44.2 Å². The zero-order chi connectivity index (χ0) is 11.8. The summed E-state index contributed by atoms with van der Waals surface area (Å²) in [6.07, 6.45) is 0. The van der Waals surface area contributed by atoms with Gasteiger partial charge in [0.05, 0.1) is 13.2 Å². The average Bonchev–Trinajstić information content (AvgIpc) is 2.29. The summed E-state index contributed by atoms with van der Waals surface area (Å²) in [5.41, 5.74) is 1.15. The van der Waals surface area contributed by atoms with Gasteiger partial charge in [-0.2, -0.15) is 0 Å². The van der Waals surface area contributed by atoms with Crippen LogP contribution in [0.4, 0.5) is 0 Å². The molecule has 0 aliphatic heterocycles. The number of carbonyl (C=O) groups excluding carboxylic acids is 1. The maximum Gasteiger partial charge on any atom is 0.222 e. The van der Waals surface area contributed by atoms with Crippen molar-refractivity contribution >= 4 is 5.91 Å². The Morgan fingerprint density at radius 1 is 1.31 bits per heavy atom. The van der Waals surface area contributed by atoms with E-state index in [0.29, 0.717) is 19.8 Å². The van der Waals surface area contributed by atoms with Crippen LogP contribution in [0.5, 0.6) is 0 Å². The van der Waals surface area contributed by atoms with Gasteiger partial charge in [0.25, 0.3) is 0 Å². The Bertz CT molecular complexity index is 309. The van der Waals surface area contributed by atoms with Crippen LogP contribution in [0.2, 0.25) is 0 Å². The first-order chi connectivity index (χ1) is 7.70. The van der Waals surface area contributed by atoms with E-state index >= 15 is 0 Å². The van der Waals surface area contributed by atoms with Crippen LogP contribution in [0, 0.1) is 5.92 Å². The van der Waals surface area contributed by atoms with Crippen LogP contribution in [0.1, 0.15) is 19.4 Å². The van der Waals surface area contributed by atoms with Gasteiger partial charge in [0.2, 0.25) is 5.91 Å². The van der Waals surface area contributed by atoms with Crippen molar-refractivity contribution in [2.75, 3.05) is 13.2 Å². The van der Waals surface area contributed by atoms with Crippen molar-refractivity contribution in [1.29, 1.82) is 0 Å². The summed E-state index contributed by atoms with van der Waals surface area (Å²) in [7, 11) is 0. The summed E-state index contributed by atoms with van der Waals surface area (Å²) in [6.45, 7) is 5.47. The van der Waals surface area contributed by atoms with Gasteiger partial charge in [0, 0.05) is 12.5 Å². The van der Waals surface area contributed by atoms with Gasteiger partial charge >= 0.3 is 0 Å². The van der Waals surface area contributed by atoms with Gasteiger partial charge in [-0.1, -0.05) is 44.2 Å². The molecule has 0 saturated carbocycles. The van der Waals surface area contributed by atoms with Crippen LogP contribution in [-0.4, -0.2) is 19.1 Å². The van der Waals surface area contributed by atoms with E-state index < -0.39 is 0 Å². The molecule has 0 aliphatic rings. The fourth-order valence-corrected chi connectivity index (χ4v) is 1.21. The number of ether oxygens (including phenoxy) is 1. The summed E-state index contributed by atoms with van der Waals surface area (Å²) in [5, 5.41) is 2.80. The lowest BCUT2D eigenvalue weighted by Crippen LogP contribution is -2.30. The molecular weight excluding hydrogens is 202 g/mol. The molecule has 0 heterocycles. The molecule has 16 heavy (non-hydrogen) atoms. The van der Waals surface area contributed by atoms with Gasteiger partial charge < -0.3 is 10.1 Å². The third kappa shape index (κ3) is 4.94. The molecule has 0 aromatic heterocycles. The first-order valence-electron chi connectivity index (χ1n) is 5.59. The largest absolute Gasteiger partial charge is 0.375 e. The van der Waals surface area contributed by atoms with Crippen molar-refractivity contribution in [2.24, 2.45) is 5.92 Å². The number of rotatable bonds is 6. The number of amides is 1. The highest BCUT2D eigenvalue weighted by Gasteiger charge is 2.04. The molecule has 1 aromatic carbocycles. The molecule has 3 heteroatoms. The van der Waals surface area contributed by atoms with Crippen LogP contribution >= 0.6 is 0 Å². The molecule has 0 bridgehead atoms. The van der Waals surface area contributed by atoms with Crippen LogP contribution < -0.4 is 5.32 Å². The number of benzene rings is 1. The number of hydrogen-bond acceptors (Lipinski definition) is 2. The fourth-order valence-electron chi connectivity index (χ4n) is 1.21. The second-order valence-corrected chi connectivity index (χ2v) is 3.98. The van der Waals surface area contributed by atoms with Gasteiger partial charge in [-0.05, 0) is 5.56 Å². The highest BCUT2D eigenvalue weighted by atomic mass is 16.5. The Hall–Kier alpha value is -1.35. The Balaban J connectivity index is 2.07. The Labute approximate surface area is 96.8 Å². The minimum atomic E-state index is 0.0362. The van der Waals surface area contributed by atoms with E-state index in [0.717, 1.165) is 5.56 Å². The highest BCUT2D eigenvalue weighted by molar-refractivity contribution is 5.77. The first kappa shape index (κ1) is 12.7. The van der Waals surface area contributed by atoms with Crippen molar-refractivity contribution in [3.63, 3.8) is 0 Å². The van der Waals surface area contributed by atoms with E-state index in [-0.39, 0.29) is 11.8 Å². The predicted molar refractivity (Wildman–Crippen MR) is 63.9 cm³/mol. The molecular formula is C13H19NO2. The maximum atomic E-state index is 11.2. The molecule has 0 fully saturated rings. The molecule has 0 saturated heterocycles. The van der Waals surface area contributed by atoms with Gasteiger partial charge in [-0.25, -0.2) is 0 Å². The number of carbonyl (C=O) groups is 1. The fraction of sp³-hybridized carbons (Fsp3) is 0.462. The molecule has 1 rings (SSSR count). The van der Waals surface area contributed by atoms with Crippen LogP contribution in [0.15, 0.2) is 30.3 Å². The normalized spacial score (nSPS) is 10.4. The van der Waals surface area contributed by atoms with E-state index in [9.17, 15) is 4.79 Å². The molecule has 0 spiro atoms. The maximum absolute atomic E-state index is 11.2. The summed E-state index contributed by atoms with van der Waals surface area (Å²) in [4.78, 5) is 11.2. The third-order valence-corrected chi connectivity index (χ3v) is 2.18. The monoisotopic (exact) mass is 221 g/mol. The zero-order valence-electron chi connectivity index (χ0n) is 9.90. The van der Waals surface area contributed by atoms with Crippen molar-refractivity contribution < 1.29 is 9.53 Å². The molecule has 0 radical (unpaired) electrons. The van der Waals surface area contributed by atoms with Crippen LogP contribution in [0.25, 0.3) is 0 Å². The molecule has 0 atom stereocenters.